The average molecular weight is 163 g/mol. The highest BCUT2D eigenvalue weighted by molar-refractivity contribution is 7.99. The molecule has 0 amide bonds. The number of hydrogen-bond acceptors (Lipinski definition) is 2. The standard InChI is InChI=1S/C7H14FNS/c8-4-7(5-9)2-1-3-10-6-7/h1-6,9H2. The topological polar surface area (TPSA) is 26.0 Å². The zero-order chi connectivity index (χ0) is 7.45. The number of alkyl halides is 1. The van der Waals surface area contributed by atoms with Crippen molar-refractivity contribution in [2.75, 3.05) is 24.7 Å². The van der Waals surface area contributed by atoms with Gasteiger partial charge in [-0.05, 0) is 18.6 Å². The molecule has 1 heterocycles. The van der Waals surface area contributed by atoms with Crippen LogP contribution >= 0.6 is 11.8 Å². The lowest BCUT2D eigenvalue weighted by Crippen LogP contribution is -2.37. The Morgan fingerprint density at radius 3 is 2.70 bits per heavy atom. The van der Waals surface area contributed by atoms with Gasteiger partial charge in [-0.3, -0.25) is 4.39 Å². The minimum Gasteiger partial charge on any atom is -0.330 e. The van der Waals surface area contributed by atoms with E-state index in [1.165, 1.54) is 5.75 Å². The van der Waals surface area contributed by atoms with Crippen LogP contribution in [-0.4, -0.2) is 24.7 Å². The van der Waals surface area contributed by atoms with Crippen LogP contribution < -0.4 is 5.73 Å². The Hall–Kier alpha value is 0.240. The molecule has 0 bridgehead atoms. The number of nitrogens with two attached hydrogens (primary N) is 1. The van der Waals surface area contributed by atoms with Gasteiger partial charge >= 0.3 is 0 Å². The van der Waals surface area contributed by atoms with Crippen LogP contribution in [0, 0.1) is 5.41 Å². The van der Waals surface area contributed by atoms with Crippen LogP contribution in [0.15, 0.2) is 0 Å². The van der Waals surface area contributed by atoms with Gasteiger partial charge in [-0.2, -0.15) is 11.8 Å². The normalized spacial score (nSPS) is 34.2. The average Bonchev–Trinajstić information content (AvgIpc) is 2.06. The van der Waals surface area contributed by atoms with Gasteiger partial charge in [0, 0.05) is 17.7 Å². The van der Waals surface area contributed by atoms with Crippen LogP contribution in [0.5, 0.6) is 0 Å². The maximum Gasteiger partial charge on any atom is 0.0970 e. The second kappa shape index (κ2) is 3.58. The first-order chi connectivity index (χ1) is 4.83. The molecule has 1 unspecified atom stereocenters. The maximum absolute atomic E-state index is 12.4. The lowest BCUT2D eigenvalue weighted by atomic mass is 9.87. The maximum atomic E-state index is 12.4. The van der Waals surface area contributed by atoms with Gasteiger partial charge in [-0.1, -0.05) is 0 Å². The molecular weight excluding hydrogens is 149 g/mol. The van der Waals surface area contributed by atoms with E-state index in [9.17, 15) is 4.39 Å². The molecular formula is C7H14FNS. The smallest absolute Gasteiger partial charge is 0.0970 e. The second-order valence-corrected chi connectivity index (χ2v) is 4.10. The lowest BCUT2D eigenvalue weighted by molar-refractivity contribution is 0.223. The molecule has 10 heavy (non-hydrogen) atoms. The van der Waals surface area contributed by atoms with Gasteiger partial charge in [-0.15, -0.1) is 0 Å². The van der Waals surface area contributed by atoms with Crippen molar-refractivity contribution in [2.45, 2.75) is 12.8 Å². The zero-order valence-electron chi connectivity index (χ0n) is 6.11. The van der Waals surface area contributed by atoms with Gasteiger partial charge in [0.25, 0.3) is 0 Å². The number of hydrogen-bond donors (Lipinski definition) is 1. The molecule has 1 aliphatic rings. The Bertz CT molecular complexity index is 95.8. The molecule has 1 rings (SSSR count). The van der Waals surface area contributed by atoms with Crippen LogP contribution in [0.1, 0.15) is 12.8 Å². The molecule has 1 nitrogen and oxygen atoms in total. The summed E-state index contributed by atoms with van der Waals surface area (Å²) < 4.78 is 12.4. The third-order valence-electron chi connectivity index (χ3n) is 2.12. The van der Waals surface area contributed by atoms with Gasteiger partial charge < -0.3 is 5.73 Å². The highest BCUT2D eigenvalue weighted by atomic mass is 32.2. The highest BCUT2D eigenvalue weighted by Gasteiger charge is 2.30. The molecule has 60 valence electrons. The largest absolute Gasteiger partial charge is 0.330 e. The molecule has 1 fully saturated rings. The van der Waals surface area contributed by atoms with Gasteiger partial charge in [0.05, 0.1) is 6.67 Å². The molecule has 0 aromatic heterocycles. The van der Waals surface area contributed by atoms with Gasteiger partial charge in [0.15, 0.2) is 0 Å². The molecule has 1 atom stereocenters. The van der Waals surface area contributed by atoms with E-state index in [1.807, 2.05) is 11.8 Å². The van der Waals surface area contributed by atoms with E-state index in [1.54, 1.807) is 0 Å². The summed E-state index contributed by atoms with van der Waals surface area (Å²) >= 11 is 1.83. The lowest BCUT2D eigenvalue weighted by Gasteiger charge is -2.32. The molecule has 1 saturated heterocycles. The van der Waals surface area contributed by atoms with Crippen molar-refractivity contribution in [3.63, 3.8) is 0 Å². The quantitative estimate of drug-likeness (QED) is 0.666. The zero-order valence-corrected chi connectivity index (χ0v) is 6.92. The third-order valence-corrected chi connectivity index (χ3v) is 3.51. The Morgan fingerprint density at radius 2 is 2.40 bits per heavy atom. The minimum atomic E-state index is -0.240. The van der Waals surface area contributed by atoms with Crippen molar-refractivity contribution in [3.8, 4) is 0 Å². The van der Waals surface area contributed by atoms with E-state index in [0.717, 1.165) is 18.6 Å². The summed E-state index contributed by atoms with van der Waals surface area (Å²) in [7, 11) is 0. The molecule has 3 heteroatoms. The monoisotopic (exact) mass is 163 g/mol. The predicted molar refractivity (Wildman–Crippen MR) is 44.0 cm³/mol. The van der Waals surface area contributed by atoms with E-state index in [4.69, 9.17) is 5.73 Å². The Labute approximate surface area is 65.6 Å². The summed E-state index contributed by atoms with van der Waals surface area (Å²) in [5, 5.41) is 0. The van der Waals surface area contributed by atoms with Crippen molar-refractivity contribution in [2.24, 2.45) is 11.1 Å². The Kier molecular flexibility index (Phi) is 2.98. The van der Waals surface area contributed by atoms with Crippen LogP contribution in [0.3, 0.4) is 0 Å². The van der Waals surface area contributed by atoms with Crippen LogP contribution in [0.4, 0.5) is 4.39 Å². The fraction of sp³-hybridized carbons (Fsp3) is 1.00. The Balaban J connectivity index is 2.44. The van der Waals surface area contributed by atoms with Crippen molar-refractivity contribution < 1.29 is 4.39 Å². The minimum absolute atomic E-state index is 0.164. The van der Waals surface area contributed by atoms with Crippen molar-refractivity contribution in [1.82, 2.24) is 0 Å². The molecule has 0 saturated carbocycles. The number of thioether (sulfide) groups is 1. The SMILES string of the molecule is NCC1(CF)CCCSC1. The first-order valence-corrected chi connectivity index (χ1v) is 4.82. The van der Waals surface area contributed by atoms with Crippen LogP contribution in [0.2, 0.25) is 0 Å². The van der Waals surface area contributed by atoms with E-state index < -0.39 is 0 Å². The van der Waals surface area contributed by atoms with E-state index in [0.29, 0.717) is 6.54 Å². The van der Waals surface area contributed by atoms with Gasteiger partial charge in [0.2, 0.25) is 0 Å². The molecule has 1 aliphatic heterocycles. The first-order valence-electron chi connectivity index (χ1n) is 3.67. The molecule has 0 aliphatic carbocycles. The summed E-state index contributed by atoms with van der Waals surface area (Å²) in [6, 6.07) is 0. The number of halogens is 1. The van der Waals surface area contributed by atoms with Crippen LogP contribution in [-0.2, 0) is 0 Å². The van der Waals surface area contributed by atoms with E-state index in [2.05, 4.69) is 0 Å². The van der Waals surface area contributed by atoms with E-state index in [-0.39, 0.29) is 12.1 Å². The fourth-order valence-electron chi connectivity index (χ4n) is 1.23. The predicted octanol–water partition coefficient (Wildman–Crippen LogP) is 1.43. The fourth-order valence-corrected chi connectivity index (χ4v) is 2.50. The van der Waals surface area contributed by atoms with Gasteiger partial charge in [-0.25, -0.2) is 0 Å². The van der Waals surface area contributed by atoms with Gasteiger partial charge in [0.1, 0.15) is 0 Å². The van der Waals surface area contributed by atoms with Crippen molar-refractivity contribution >= 4 is 11.8 Å². The Morgan fingerprint density at radius 1 is 1.60 bits per heavy atom. The number of rotatable bonds is 2. The van der Waals surface area contributed by atoms with Crippen molar-refractivity contribution in [1.29, 1.82) is 0 Å². The second-order valence-electron chi connectivity index (χ2n) is 2.99. The third kappa shape index (κ3) is 1.64. The highest BCUT2D eigenvalue weighted by Crippen LogP contribution is 2.33. The molecule has 0 aromatic rings. The summed E-state index contributed by atoms with van der Waals surface area (Å²) in [5.41, 5.74) is 5.33. The molecule has 0 spiro atoms. The summed E-state index contributed by atoms with van der Waals surface area (Å²) in [5.74, 6) is 2.10. The van der Waals surface area contributed by atoms with Crippen LogP contribution in [0.25, 0.3) is 0 Å². The van der Waals surface area contributed by atoms with E-state index >= 15 is 0 Å². The molecule has 2 N–H and O–H groups in total. The van der Waals surface area contributed by atoms with Crippen molar-refractivity contribution in [3.05, 3.63) is 0 Å². The summed E-state index contributed by atoms with van der Waals surface area (Å²) in [4.78, 5) is 0. The summed E-state index contributed by atoms with van der Waals surface area (Å²) in [6.07, 6.45) is 2.11. The molecule has 0 aromatic carbocycles. The first kappa shape index (κ1) is 8.34. The molecule has 0 radical (unpaired) electrons. The summed E-state index contributed by atoms with van der Waals surface area (Å²) in [6.45, 7) is 0.271.